The van der Waals surface area contributed by atoms with Crippen molar-refractivity contribution in [2.45, 2.75) is 154 Å². The van der Waals surface area contributed by atoms with Crippen molar-refractivity contribution in [1.82, 2.24) is 14.8 Å². The van der Waals surface area contributed by atoms with Crippen molar-refractivity contribution in [3.05, 3.63) is 42.1 Å². The monoisotopic (exact) mass is 809 g/mol. The maximum atomic E-state index is 14.9. The maximum absolute atomic E-state index is 14.9. The first-order valence-electron chi connectivity index (χ1n) is 21.2. The highest BCUT2D eigenvalue weighted by Gasteiger charge is 2.62. The van der Waals surface area contributed by atoms with E-state index in [1.807, 2.05) is 84.1 Å². The van der Waals surface area contributed by atoms with Crippen LogP contribution in [0.15, 0.2) is 36.5 Å². The number of carbonyl (C=O) groups is 4. The molecule has 3 aliphatic heterocycles. The number of ketones is 2. The number of cyclic esters (lactones) is 1. The molecule has 3 aliphatic rings. The highest BCUT2D eigenvalue weighted by molar-refractivity contribution is 6.00. The predicted molar refractivity (Wildman–Crippen MR) is 219 cm³/mol. The van der Waals surface area contributed by atoms with Crippen LogP contribution in [-0.2, 0) is 44.5 Å². The number of hydrogen-bond donors (Lipinski definition) is 1. The number of aryl methyl sites for hydroxylation is 1. The Hall–Kier alpha value is -3.49. The lowest BCUT2D eigenvalue weighted by molar-refractivity contribution is -0.276. The number of aromatic nitrogens is 1. The topological polar surface area (TPSA) is 154 Å². The minimum atomic E-state index is -1.35. The summed E-state index contributed by atoms with van der Waals surface area (Å²) in [6.07, 6.45) is 0.403. The van der Waals surface area contributed by atoms with Gasteiger partial charge in [0.05, 0.1) is 29.4 Å². The molecule has 0 spiro atoms. The van der Waals surface area contributed by atoms with Crippen LogP contribution in [0.5, 0.6) is 0 Å². The molecule has 58 heavy (non-hydrogen) atoms. The lowest BCUT2D eigenvalue weighted by Crippen LogP contribution is -2.61. The second-order valence-corrected chi connectivity index (χ2v) is 17.4. The van der Waals surface area contributed by atoms with Crippen molar-refractivity contribution in [3.63, 3.8) is 0 Å². The highest BCUT2D eigenvalue weighted by Crippen LogP contribution is 2.45. The van der Waals surface area contributed by atoms with Crippen LogP contribution in [0.1, 0.15) is 99.5 Å². The van der Waals surface area contributed by atoms with E-state index in [0.29, 0.717) is 19.4 Å². The predicted octanol–water partition coefficient (Wildman–Crippen LogP) is 6.15. The van der Waals surface area contributed by atoms with Crippen LogP contribution in [-0.4, -0.2) is 125 Å². The van der Waals surface area contributed by atoms with Crippen LogP contribution in [0.4, 0.5) is 4.79 Å². The number of methoxy groups -OCH3 is 1. The Kier molecular flexibility index (Phi) is 14.8. The van der Waals surface area contributed by atoms with Crippen molar-refractivity contribution in [2.75, 3.05) is 27.7 Å². The van der Waals surface area contributed by atoms with Crippen molar-refractivity contribution < 1.29 is 48.0 Å². The largest absolute Gasteiger partial charge is 0.457 e. The standard InChI is InChI=1S/C45H67N3O10/c1-12-35-45(13-2)39(48(43(53)58-45)23-17-16-18-31-21-22-46-33-20-15-14-19-32(31)33)28(5)36(49)26(3)25-44(8,54-11)40(29(6)37(50)30(7)41(51)56-35)57-38-34(47(9)10)24-27(4)55-42(38)52/h14-15,19-22,26-30,34-35,38-40,42,52H,12-13,16-18,23-25H2,1-11H3/t26-,27-,28+,29+,30-,34+,35-,38-,39-,40-,42?,44+,45-/m1/s1. The quantitative estimate of drug-likeness (QED) is 0.157. The van der Waals surface area contributed by atoms with Gasteiger partial charge in [-0.15, -0.1) is 0 Å². The third kappa shape index (κ3) is 8.99. The second-order valence-electron chi connectivity index (χ2n) is 17.4. The molecule has 4 heterocycles. The van der Waals surface area contributed by atoms with Gasteiger partial charge in [-0.25, -0.2) is 4.79 Å². The highest BCUT2D eigenvalue weighted by atomic mass is 16.6. The normalized spacial score (nSPS) is 36.8. The Balaban J connectivity index is 1.50. The number of ether oxygens (including phenoxy) is 5. The van der Waals surface area contributed by atoms with Crippen molar-refractivity contribution in [2.24, 2.45) is 23.7 Å². The van der Waals surface area contributed by atoms with Gasteiger partial charge < -0.3 is 38.6 Å². The number of amides is 1. The molecule has 13 nitrogen and oxygen atoms in total. The number of aliphatic hydroxyl groups is 1. The molecule has 1 aromatic carbocycles. The smallest absolute Gasteiger partial charge is 0.410 e. The van der Waals surface area contributed by atoms with Crippen LogP contribution in [0.25, 0.3) is 10.9 Å². The number of hydrogen-bond acceptors (Lipinski definition) is 12. The van der Waals surface area contributed by atoms with Gasteiger partial charge in [-0.1, -0.05) is 52.8 Å². The molecular formula is C45H67N3O10. The number of rotatable bonds is 11. The first kappa shape index (κ1) is 45.6. The molecule has 13 atom stereocenters. The molecule has 5 rings (SSSR count). The van der Waals surface area contributed by atoms with E-state index in [4.69, 9.17) is 23.7 Å². The molecule has 1 N–H and O–H groups in total. The minimum absolute atomic E-state index is 0.122. The molecule has 1 unspecified atom stereocenters. The van der Waals surface area contributed by atoms with E-state index in [-0.39, 0.29) is 37.2 Å². The lowest BCUT2D eigenvalue weighted by Gasteiger charge is -2.48. The number of unbranched alkanes of at least 4 members (excludes halogenated alkanes) is 1. The minimum Gasteiger partial charge on any atom is -0.457 e. The van der Waals surface area contributed by atoms with E-state index in [9.17, 15) is 24.3 Å². The Morgan fingerprint density at radius 1 is 0.983 bits per heavy atom. The lowest BCUT2D eigenvalue weighted by atomic mass is 9.72. The SMILES string of the molecule is CC[C@H]1OC(=O)[C@H](C)C(=O)[C@H](C)[C@@H](O[C@H]2C(O)O[C@H](C)C[C@@H]2N(C)C)[C@@](C)(OC)C[C@@H](C)C(=O)[C@H](C)[C@H]2N(CCCCc3ccnc4ccccc34)C(=O)O[C@]12CC. The summed E-state index contributed by atoms with van der Waals surface area (Å²) < 4.78 is 31.4. The summed E-state index contributed by atoms with van der Waals surface area (Å²) in [5, 5.41) is 12.3. The zero-order chi connectivity index (χ0) is 42.7. The van der Waals surface area contributed by atoms with Crippen LogP contribution in [0.2, 0.25) is 0 Å². The summed E-state index contributed by atoms with van der Waals surface area (Å²) in [6, 6.07) is 9.02. The number of Topliss-reactive ketones (excluding diaryl/α,β-unsaturated/α-hetero) is 2. The zero-order valence-electron chi connectivity index (χ0n) is 36.4. The fraction of sp³-hybridized carbons (Fsp3) is 0.711. The average Bonchev–Trinajstić information content (AvgIpc) is 3.50. The molecular weight excluding hydrogens is 743 g/mol. The molecule has 13 heteroatoms. The molecule has 1 amide bonds. The Bertz CT molecular complexity index is 1770. The number of likely N-dealkylation sites (N-methyl/N-ethyl adjacent to an activating group) is 1. The van der Waals surface area contributed by atoms with Crippen LogP contribution >= 0.6 is 0 Å². The molecule has 1 aromatic heterocycles. The molecule has 322 valence electrons. The van der Waals surface area contributed by atoms with Gasteiger partial charge in [0.2, 0.25) is 0 Å². The van der Waals surface area contributed by atoms with Gasteiger partial charge in [0.25, 0.3) is 0 Å². The van der Waals surface area contributed by atoms with E-state index >= 15 is 0 Å². The Morgan fingerprint density at radius 2 is 1.69 bits per heavy atom. The number of benzene rings is 1. The van der Waals surface area contributed by atoms with E-state index < -0.39 is 83.4 Å². The first-order valence-corrected chi connectivity index (χ1v) is 21.2. The summed E-state index contributed by atoms with van der Waals surface area (Å²) in [6.45, 7) is 14.6. The zero-order valence-corrected chi connectivity index (χ0v) is 36.4. The summed E-state index contributed by atoms with van der Waals surface area (Å²) in [7, 11) is 5.31. The fourth-order valence-electron chi connectivity index (χ4n) is 10.0. The molecule has 0 radical (unpaired) electrons. The van der Waals surface area contributed by atoms with Gasteiger partial charge in [-0.05, 0) is 97.5 Å². The summed E-state index contributed by atoms with van der Waals surface area (Å²) in [5.41, 5.74) is -0.492. The molecule has 2 aromatic rings. The molecule has 3 fully saturated rings. The van der Waals surface area contributed by atoms with Gasteiger partial charge >= 0.3 is 12.1 Å². The number of fused-ring (bicyclic) bond motifs is 2. The van der Waals surface area contributed by atoms with E-state index in [0.717, 1.165) is 23.7 Å². The van der Waals surface area contributed by atoms with Gasteiger partial charge in [-0.2, -0.15) is 0 Å². The maximum Gasteiger partial charge on any atom is 0.410 e. The van der Waals surface area contributed by atoms with Gasteiger partial charge in [0.15, 0.2) is 17.7 Å². The van der Waals surface area contributed by atoms with Crippen LogP contribution < -0.4 is 0 Å². The summed E-state index contributed by atoms with van der Waals surface area (Å²) in [5.74, 6) is -4.81. The molecule has 0 saturated carbocycles. The van der Waals surface area contributed by atoms with Crippen molar-refractivity contribution in [1.29, 1.82) is 0 Å². The summed E-state index contributed by atoms with van der Waals surface area (Å²) >= 11 is 0. The summed E-state index contributed by atoms with van der Waals surface area (Å²) in [4.78, 5) is 65.5. The number of carbonyl (C=O) groups excluding carboxylic acids is 4. The van der Waals surface area contributed by atoms with E-state index in [1.165, 1.54) is 19.6 Å². The van der Waals surface area contributed by atoms with Gasteiger partial charge in [0, 0.05) is 49.0 Å². The molecule has 0 bridgehead atoms. The van der Waals surface area contributed by atoms with Crippen molar-refractivity contribution in [3.8, 4) is 0 Å². The van der Waals surface area contributed by atoms with E-state index in [1.54, 1.807) is 18.7 Å². The first-order chi connectivity index (χ1) is 27.4. The number of pyridine rings is 1. The van der Waals surface area contributed by atoms with Crippen LogP contribution in [0.3, 0.4) is 0 Å². The fourth-order valence-corrected chi connectivity index (χ4v) is 10.0. The van der Waals surface area contributed by atoms with Gasteiger partial charge in [0.1, 0.15) is 23.9 Å². The third-order valence-corrected chi connectivity index (χ3v) is 13.4. The number of nitrogens with zero attached hydrogens (tertiary/aromatic N) is 3. The number of aliphatic hydroxyl groups excluding tert-OH is 1. The van der Waals surface area contributed by atoms with Crippen LogP contribution in [0, 0.1) is 23.7 Å². The Labute approximate surface area is 344 Å². The number of esters is 1. The van der Waals surface area contributed by atoms with E-state index in [2.05, 4.69) is 11.1 Å². The number of para-hydroxylation sites is 1. The second kappa shape index (κ2) is 18.8. The van der Waals surface area contributed by atoms with Crippen molar-refractivity contribution >= 4 is 34.5 Å². The third-order valence-electron chi connectivity index (χ3n) is 13.4. The molecule has 0 aliphatic carbocycles. The Morgan fingerprint density at radius 3 is 2.34 bits per heavy atom. The molecule has 3 saturated heterocycles. The average molecular weight is 810 g/mol. The van der Waals surface area contributed by atoms with Gasteiger partial charge in [-0.3, -0.25) is 19.4 Å².